The largest absolute Gasteiger partial charge is 0.366 e. The lowest BCUT2D eigenvalue weighted by Gasteiger charge is -2.09. The van der Waals surface area contributed by atoms with Crippen LogP contribution < -0.4 is 16.6 Å². The third kappa shape index (κ3) is 0.935. The summed E-state index contributed by atoms with van der Waals surface area (Å²) in [4.78, 5) is 11.0. The summed E-state index contributed by atoms with van der Waals surface area (Å²) in [5, 5.41) is 0. The van der Waals surface area contributed by atoms with Crippen molar-refractivity contribution < 1.29 is 9.53 Å². The van der Waals surface area contributed by atoms with E-state index in [9.17, 15) is 4.79 Å². The molecule has 74 valence electrons. The molecule has 1 aliphatic carbocycles. The number of carbonyl (C=O) groups excluding carboxylic acids is 1. The number of hydrogen-bond donors (Lipinski definition) is 3. The molecule has 0 saturated carbocycles. The number of nitrogens with two attached hydrogens (primary N) is 1. The van der Waals surface area contributed by atoms with Gasteiger partial charge in [-0.25, -0.2) is 5.43 Å². The van der Waals surface area contributed by atoms with Gasteiger partial charge in [0.25, 0.3) is 0 Å². The molecule has 0 bridgehead atoms. The monoisotopic (exact) mass is 193 g/mol. The normalized spacial score (nSPS) is 33.9. The first-order valence-electron chi connectivity index (χ1n) is 4.64. The van der Waals surface area contributed by atoms with Gasteiger partial charge in [-0.2, -0.15) is 0 Å². The summed E-state index contributed by atoms with van der Waals surface area (Å²) < 4.78 is 5.73. The SMILES string of the molecule is NC(=O)C1=CC2=C3NNCC3OC2C1. The number of fused-ring (bicyclic) bond motifs is 2. The van der Waals surface area contributed by atoms with E-state index >= 15 is 0 Å². The van der Waals surface area contributed by atoms with Crippen LogP contribution in [0.1, 0.15) is 6.42 Å². The zero-order valence-electron chi connectivity index (χ0n) is 7.54. The minimum Gasteiger partial charge on any atom is -0.366 e. The molecule has 0 aromatic heterocycles. The lowest BCUT2D eigenvalue weighted by Crippen LogP contribution is -2.24. The highest BCUT2D eigenvalue weighted by molar-refractivity contribution is 5.93. The molecule has 2 aliphatic heterocycles. The summed E-state index contributed by atoms with van der Waals surface area (Å²) in [5.41, 5.74) is 14.1. The Labute approximate surface area is 80.9 Å². The van der Waals surface area contributed by atoms with Crippen molar-refractivity contribution in [3.05, 3.63) is 22.9 Å². The summed E-state index contributed by atoms with van der Waals surface area (Å²) in [5.74, 6) is -0.349. The lowest BCUT2D eigenvalue weighted by atomic mass is 10.1. The molecule has 2 heterocycles. The maximum atomic E-state index is 11.0. The summed E-state index contributed by atoms with van der Waals surface area (Å²) in [6, 6.07) is 0. The van der Waals surface area contributed by atoms with Gasteiger partial charge in [-0.3, -0.25) is 4.79 Å². The molecule has 1 amide bonds. The van der Waals surface area contributed by atoms with Crippen LogP contribution in [-0.2, 0) is 9.53 Å². The average molecular weight is 193 g/mol. The first-order valence-corrected chi connectivity index (χ1v) is 4.64. The Balaban J connectivity index is 1.99. The van der Waals surface area contributed by atoms with Crippen LogP contribution >= 0.6 is 0 Å². The van der Waals surface area contributed by atoms with Crippen LogP contribution in [-0.4, -0.2) is 24.7 Å². The Morgan fingerprint density at radius 1 is 1.57 bits per heavy atom. The second-order valence-electron chi connectivity index (χ2n) is 3.73. The van der Waals surface area contributed by atoms with Crippen molar-refractivity contribution in [3.63, 3.8) is 0 Å². The van der Waals surface area contributed by atoms with Crippen LogP contribution in [0.25, 0.3) is 0 Å². The number of hydrazine groups is 1. The quantitative estimate of drug-likeness (QED) is 0.495. The van der Waals surface area contributed by atoms with Gasteiger partial charge in [-0.05, 0) is 6.08 Å². The molecule has 3 rings (SSSR count). The highest BCUT2D eigenvalue weighted by Crippen LogP contribution is 2.37. The summed E-state index contributed by atoms with van der Waals surface area (Å²) in [6.45, 7) is 0.787. The van der Waals surface area contributed by atoms with Crippen LogP contribution in [0.5, 0.6) is 0 Å². The van der Waals surface area contributed by atoms with E-state index in [1.807, 2.05) is 6.08 Å². The highest BCUT2D eigenvalue weighted by atomic mass is 16.5. The van der Waals surface area contributed by atoms with E-state index in [1.165, 1.54) is 0 Å². The zero-order chi connectivity index (χ0) is 9.71. The molecule has 1 saturated heterocycles. The summed E-state index contributed by atoms with van der Waals surface area (Å²) in [7, 11) is 0. The van der Waals surface area contributed by atoms with Crippen LogP contribution in [0, 0.1) is 0 Å². The molecule has 0 spiro atoms. The van der Waals surface area contributed by atoms with Crippen molar-refractivity contribution >= 4 is 5.91 Å². The van der Waals surface area contributed by atoms with Gasteiger partial charge < -0.3 is 15.9 Å². The van der Waals surface area contributed by atoms with Crippen molar-refractivity contribution in [2.45, 2.75) is 18.6 Å². The third-order valence-electron chi connectivity index (χ3n) is 2.87. The second-order valence-corrected chi connectivity index (χ2v) is 3.73. The molecule has 4 N–H and O–H groups in total. The van der Waals surface area contributed by atoms with Crippen LogP contribution in [0.3, 0.4) is 0 Å². The fraction of sp³-hybridized carbons (Fsp3) is 0.444. The molecule has 2 unspecified atom stereocenters. The third-order valence-corrected chi connectivity index (χ3v) is 2.87. The molecule has 0 radical (unpaired) electrons. The van der Waals surface area contributed by atoms with Gasteiger partial charge in [0.15, 0.2) is 0 Å². The van der Waals surface area contributed by atoms with Crippen molar-refractivity contribution in [2.24, 2.45) is 5.73 Å². The van der Waals surface area contributed by atoms with Gasteiger partial charge in [0, 0.05) is 24.1 Å². The molecule has 14 heavy (non-hydrogen) atoms. The number of rotatable bonds is 1. The Kier molecular flexibility index (Phi) is 1.48. The predicted octanol–water partition coefficient (Wildman–Crippen LogP) is -1.07. The summed E-state index contributed by atoms with van der Waals surface area (Å²) >= 11 is 0. The topological polar surface area (TPSA) is 76.4 Å². The number of amides is 1. The molecule has 2 atom stereocenters. The van der Waals surface area contributed by atoms with Gasteiger partial charge in [0.1, 0.15) is 6.10 Å². The number of ether oxygens (including phenoxy) is 1. The Bertz CT molecular complexity index is 372. The fourth-order valence-corrected chi connectivity index (χ4v) is 2.19. The number of primary amides is 1. The van der Waals surface area contributed by atoms with E-state index in [0.29, 0.717) is 12.0 Å². The van der Waals surface area contributed by atoms with E-state index in [2.05, 4.69) is 10.9 Å². The van der Waals surface area contributed by atoms with Gasteiger partial charge in [0.2, 0.25) is 5.91 Å². The van der Waals surface area contributed by atoms with E-state index < -0.39 is 0 Å². The molecule has 1 fully saturated rings. The maximum absolute atomic E-state index is 11.0. The summed E-state index contributed by atoms with van der Waals surface area (Å²) in [6.07, 6.45) is 2.63. The Morgan fingerprint density at radius 2 is 2.43 bits per heavy atom. The first kappa shape index (κ1) is 8.02. The van der Waals surface area contributed by atoms with Gasteiger partial charge >= 0.3 is 0 Å². The smallest absolute Gasteiger partial charge is 0.244 e. The molecular formula is C9H11N3O2. The maximum Gasteiger partial charge on any atom is 0.244 e. The molecular weight excluding hydrogens is 182 g/mol. The Hall–Kier alpha value is -1.33. The second kappa shape index (κ2) is 2.59. The number of nitrogens with one attached hydrogen (secondary N) is 2. The van der Waals surface area contributed by atoms with Crippen molar-refractivity contribution in [2.75, 3.05) is 6.54 Å². The average Bonchev–Trinajstić information content (AvgIpc) is 2.70. The standard InChI is InChI=1S/C9H11N3O2/c10-9(13)4-1-5-6(2-4)14-7-3-11-12-8(5)7/h1,6-7,11-12H,2-3H2,(H2,10,13). The molecule has 0 aromatic rings. The number of carbonyl (C=O) groups is 1. The van der Waals surface area contributed by atoms with E-state index in [1.54, 1.807) is 0 Å². The van der Waals surface area contributed by atoms with Crippen molar-refractivity contribution in [3.8, 4) is 0 Å². The van der Waals surface area contributed by atoms with Gasteiger partial charge in [-0.1, -0.05) is 0 Å². The first-order chi connectivity index (χ1) is 6.75. The van der Waals surface area contributed by atoms with Gasteiger partial charge in [0.05, 0.1) is 11.8 Å². The van der Waals surface area contributed by atoms with Crippen molar-refractivity contribution in [1.29, 1.82) is 0 Å². The predicted molar refractivity (Wildman–Crippen MR) is 48.7 cm³/mol. The number of hydrogen-bond acceptors (Lipinski definition) is 4. The highest BCUT2D eigenvalue weighted by Gasteiger charge is 2.40. The Morgan fingerprint density at radius 3 is 3.21 bits per heavy atom. The van der Waals surface area contributed by atoms with E-state index in [4.69, 9.17) is 10.5 Å². The fourth-order valence-electron chi connectivity index (χ4n) is 2.19. The minimum absolute atomic E-state index is 0.0344. The van der Waals surface area contributed by atoms with Crippen LogP contribution in [0.4, 0.5) is 0 Å². The molecule has 5 nitrogen and oxygen atoms in total. The lowest BCUT2D eigenvalue weighted by molar-refractivity contribution is -0.114. The molecule has 3 aliphatic rings. The van der Waals surface area contributed by atoms with Crippen LogP contribution in [0.2, 0.25) is 0 Å². The molecule has 5 heteroatoms. The zero-order valence-corrected chi connectivity index (χ0v) is 7.54. The van der Waals surface area contributed by atoms with Gasteiger partial charge in [-0.15, -0.1) is 0 Å². The van der Waals surface area contributed by atoms with Crippen LogP contribution in [0.15, 0.2) is 22.9 Å². The minimum atomic E-state index is -0.349. The van der Waals surface area contributed by atoms with Crippen molar-refractivity contribution in [1.82, 2.24) is 10.9 Å². The molecule has 0 aromatic carbocycles. The van der Waals surface area contributed by atoms with E-state index in [-0.39, 0.29) is 18.1 Å². The van der Waals surface area contributed by atoms with E-state index in [0.717, 1.165) is 17.8 Å².